The average Bonchev–Trinajstić information content (AvgIpc) is 3.15. The summed E-state index contributed by atoms with van der Waals surface area (Å²) in [7, 11) is 0. The molecule has 25 heavy (non-hydrogen) atoms. The highest BCUT2D eigenvalue weighted by Gasteiger charge is 2.19. The summed E-state index contributed by atoms with van der Waals surface area (Å²) in [4.78, 5) is 28.5. The van der Waals surface area contributed by atoms with E-state index < -0.39 is 17.9 Å². The minimum atomic E-state index is -0.609. The second-order valence-electron chi connectivity index (χ2n) is 5.27. The highest BCUT2D eigenvalue weighted by molar-refractivity contribution is 7.10. The second kappa shape index (κ2) is 7.23. The van der Waals surface area contributed by atoms with E-state index in [0.29, 0.717) is 0 Å². The maximum Gasteiger partial charge on any atom is 0.270 e. The van der Waals surface area contributed by atoms with Gasteiger partial charge in [-0.05, 0) is 41.3 Å². The molecule has 0 saturated heterocycles. The Morgan fingerprint density at radius 3 is 2.44 bits per heavy atom. The first-order chi connectivity index (χ1) is 12.0. The zero-order chi connectivity index (χ0) is 17.8. The van der Waals surface area contributed by atoms with Crippen LogP contribution in [0.3, 0.4) is 0 Å². The number of carbonyl (C=O) groups is 2. The number of amides is 2. The van der Waals surface area contributed by atoms with E-state index in [-0.39, 0.29) is 17.1 Å². The molecule has 3 aromatic rings. The smallest absolute Gasteiger partial charge is 0.270 e. The van der Waals surface area contributed by atoms with Gasteiger partial charge < -0.3 is 11.1 Å². The van der Waals surface area contributed by atoms with Gasteiger partial charge in [0.25, 0.3) is 5.91 Å². The molecule has 0 unspecified atom stereocenters. The number of primary amides is 1. The third-order valence-electron chi connectivity index (χ3n) is 3.59. The monoisotopic (exact) mass is 355 g/mol. The van der Waals surface area contributed by atoms with E-state index in [2.05, 4.69) is 10.3 Å². The molecule has 3 rings (SSSR count). The van der Waals surface area contributed by atoms with Gasteiger partial charge in [0.05, 0.1) is 11.6 Å². The van der Waals surface area contributed by atoms with Crippen molar-refractivity contribution in [2.75, 3.05) is 0 Å². The summed E-state index contributed by atoms with van der Waals surface area (Å²) in [6.07, 6.45) is 1.26. The van der Waals surface area contributed by atoms with Crippen molar-refractivity contribution in [2.45, 2.75) is 6.04 Å². The molecular formula is C18H14FN3O2S. The van der Waals surface area contributed by atoms with Crippen LogP contribution in [0.2, 0.25) is 0 Å². The van der Waals surface area contributed by atoms with Gasteiger partial charge in [-0.3, -0.25) is 14.6 Å². The summed E-state index contributed by atoms with van der Waals surface area (Å²) in [5.41, 5.74) is 6.31. The summed E-state index contributed by atoms with van der Waals surface area (Å²) in [5, 5.41) is 4.79. The summed E-state index contributed by atoms with van der Waals surface area (Å²) in [5.74, 6) is -1.36. The Balaban J connectivity index is 1.86. The van der Waals surface area contributed by atoms with Crippen LogP contribution in [-0.4, -0.2) is 16.8 Å². The number of nitrogens with two attached hydrogens (primary N) is 1. The lowest BCUT2D eigenvalue weighted by atomic mass is 10.0. The first-order valence-corrected chi connectivity index (χ1v) is 8.28. The SMILES string of the molecule is NC(=O)c1ccc(C(=O)N[C@@H](c2ccc(F)cc2)c2cccs2)nc1. The van der Waals surface area contributed by atoms with Crippen molar-refractivity contribution in [2.24, 2.45) is 5.73 Å². The highest BCUT2D eigenvalue weighted by Crippen LogP contribution is 2.26. The van der Waals surface area contributed by atoms with Gasteiger partial charge in [-0.2, -0.15) is 0 Å². The predicted octanol–water partition coefficient (Wildman–Crippen LogP) is 2.90. The minimum Gasteiger partial charge on any atom is -0.366 e. The first-order valence-electron chi connectivity index (χ1n) is 7.40. The molecule has 1 aromatic carbocycles. The molecular weight excluding hydrogens is 341 g/mol. The van der Waals surface area contributed by atoms with Crippen LogP contribution in [0.1, 0.15) is 37.3 Å². The third kappa shape index (κ3) is 3.89. The maximum absolute atomic E-state index is 13.2. The fourth-order valence-electron chi connectivity index (χ4n) is 2.31. The molecule has 0 radical (unpaired) electrons. The zero-order valence-electron chi connectivity index (χ0n) is 13.0. The van der Waals surface area contributed by atoms with Crippen LogP contribution in [0.15, 0.2) is 60.1 Å². The number of nitrogens with zero attached hydrogens (tertiary/aromatic N) is 1. The quantitative estimate of drug-likeness (QED) is 0.738. The van der Waals surface area contributed by atoms with E-state index in [1.807, 2.05) is 17.5 Å². The summed E-state index contributed by atoms with van der Waals surface area (Å²) in [6.45, 7) is 0. The number of nitrogens with one attached hydrogen (secondary N) is 1. The standard InChI is InChI=1S/C18H14FN3O2S/c19-13-6-3-11(4-7-13)16(15-2-1-9-25-15)22-18(24)14-8-5-12(10-21-14)17(20)23/h1-10,16H,(H2,20,23)(H,22,24)/t16-/m0/s1. The van der Waals surface area contributed by atoms with E-state index >= 15 is 0 Å². The molecule has 0 fully saturated rings. The van der Waals surface area contributed by atoms with E-state index in [1.54, 1.807) is 12.1 Å². The van der Waals surface area contributed by atoms with E-state index in [0.717, 1.165) is 10.4 Å². The summed E-state index contributed by atoms with van der Waals surface area (Å²) >= 11 is 1.48. The number of hydrogen-bond donors (Lipinski definition) is 2. The molecule has 0 aliphatic rings. The third-order valence-corrected chi connectivity index (χ3v) is 4.52. The van der Waals surface area contributed by atoms with Gasteiger partial charge in [0.2, 0.25) is 5.91 Å². The van der Waals surface area contributed by atoms with Gasteiger partial charge in [0.1, 0.15) is 11.5 Å². The molecule has 7 heteroatoms. The molecule has 2 heterocycles. The van der Waals surface area contributed by atoms with Crippen molar-refractivity contribution < 1.29 is 14.0 Å². The summed E-state index contributed by atoms with van der Waals surface area (Å²) in [6, 6.07) is 12.2. The number of carbonyl (C=O) groups excluding carboxylic acids is 2. The van der Waals surface area contributed by atoms with Crippen molar-refractivity contribution in [3.8, 4) is 0 Å². The number of thiophene rings is 1. The van der Waals surface area contributed by atoms with Crippen LogP contribution in [0.4, 0.5) is 4.39 Å². The number of rotatable bonds is 5. The molecule has 0 saturated carbocycles. The molecule has 3 N–H and O–H groups in total. The fraction of sp³-hybridized carbons (Fsp3) is 0.0556. The van der Waals surface area contributed by atoms with E-state index in [4.69, 9.17) is 5.73 Å². The largest absolute Gasteiger partial charge is 0.366 e. The van der Waals surface area contributed by atoms with Gasteiger partial charge in [-0.25, -0.2) is 4.39 Å². The number of hydrogen-bond acceptors (Lipinski definition) is 4. The minimum absolute atomic E-state index is 0.161. The van der Waals surface area contributed by atoms with Crippen molar-refractivity contribution in [3.05, 3.63) is 87.6 Å². The number of pyridine rings is 1. The molecule has 0 aliphatic carbocycles. The number of benzene rings is 1. The van der Waals surface area contributed by atoms with Gasteiger partial charge in [0.15, 0.2) is 0 Å². The van der Waals surface area contributed by atoms with Gasteiger partial charge >= 0.3 is 0 Å². The van der Waals surface area contributed by atoms with Crippen molar-refractivity contribution in [1.82, 2.24) is 10.3 Å². The first kappa shape index (κ1) is 16.8. The molecule has 1 atom stereocenters. The topological polar surface area (TPSA) is 85.1 Å². The van der Waals surface area contributed by atoms with Gasteiger partial charge in [-0.1, -0.05) is 18.2 Å². The van der Waals surface area contributed by atoms with Crippen molar-refractivity contribution in [1.29, 1.82) is 0 Å². The lowest BCUT2D eigenvalue weighted by Gasteiger charge is -2.18. The predicted molar refractivity (Wildman–Crippen MR) is 92.8 cm³/mol. The fourth-order valence-corrected chi connectivity index (χ4v) is 3.11. The molecule has 2 aromatic heterocycles. The highest BCUT2D eigenvalue weighted by atomic mass is 32.1. The van der Waals surface area contributed by atoms with Crippen LogP contribution < -0.4 is 11.1 Å². The Morgan fingerprint density at radius 1 is 1.12 bits per heavy atom. The van der Waals surface area contributed by atoms with Gasteiger partial charge in [-0.15, -0.1) is 11.3 Å². The zero-order valence-corrected chi connectivity index (χ0v) is 13.8. The maximum atomic E-state index is 13.2. The van der Waals surface area contributed by atoms with Crippen molar-refractivity contribution in [3.63, 3.8) is 0 Å². The van der Waals surface area contributed by atoms with E-state index in [1.165, 1.54) is 41.8 Å². The Morgan fingerprint density at radius 2 is 1.88 bits per heavy atom. The Kier molecular flexibility index (Phi) is 4.85. The lowest BCUT2D eigenvalue weighted by molar-refractivity contribution is 0.0936. The van der Waals surface area contributed by atoms with Crippen LogP contribution in [0.25, 0.3) is 0 Å². The molecule has 0 bridgehead atoms. The second-order valence-corrected chi connectivity index (χ2v) is 6.25. The summed E-state index contributed by atoms with van der Waals surface area (Å²) < 4.78 is 13.2. The Labute approximate surface area is 147 Å². The van der Waals surface area contributed by atoms with Crippen molar-refractivity contribution >= 4 is 23.2 Å². The molecule has 126 valence electrons. The van der Waals surface area contributed by atoms with E-state index in [9.17, 15) is 14.0 Å². The average molecular weight is 355 g/mol. The number of halogens is 1. The molecule has 2 amide bonds. The number of aromatic nitrogens is 1. The van der Waals surface area contributed by atoms with Gasteiger partial charge in [0, 0.05) is 11.1 Å². The van der Waals surface area contributed by atoms with Crippen LogP contribution >= 0.6 is 11.3 Å². The normalized spacial score (nSPS) is 11.7. The molecule has 0 aliphatic heterocycles. The lowest BCUT2D eigenvalue weighted by Crippen LogP contribution is -2.29. The Hall–Kier alpha value is -3.06. The van der Waals surface area contributed by atoms with Crippen LogP contribution in [-0.2, 0) is 0 Å². The molecule has 5 nitrogen and oxygen atoms in total. The molecule has 0 spiro atoms. The Bertz CT molecular complexity index is 878. The van der Waals surface area contributed by atoms with Crippen LogP contribution in [0, 0.1) is 5.82 Å². The van der Waals surface area contributed by atoms with Crippen LogP contribution in [0.5, 0.6) is 0 Å².